The highest BCUT2D eigenvalue weighted by atomic mass is 35.5. The number of sulfonamides is 1. The van der Waals surface area contributed by atoms with Crippen molar-refractivity contribution >= 4 is 21.6 Å². The van der Waals surface area contributed by atoms with Crippen LogP contribution in [-0.4, -0.2) is 23.2 Å². The van der Waals surface area contributed by atoms with Gasteiger partial charge in [-0.25, -0.2) is 13.1 Å². The van der Waals surface area contributed by atoms with E-state index in [-0.39, 0.29) is 11.8 Å². The number of hydrogen-bond donors (Lipinski definition) is 1. The van der Waals surface area contributed by atoms with E-state index >= 15 is 0 Å². The summed E-state index contributed by atoms with van der Waals surface area (Å²) in [6.07, 6.45) is 7.13. The first-order valence-corrected chi connectivity index (χ1v) is 11.8. The van der Waals surface area contributed by atoms with Crippen molar-refractivity contribution in [3.8, 4) is 11.3 Å². The fraction of sp³-hybridized carbons (Fsp3) is 0.333. The number of hydrogen-bond acceptors (Lipinski definition) is 4. The van der Waals surface area contributed by atoms with Gasteiger partial charge in [0.05, 0.1) is 23.2 Å². The van der Waals surface area contributed by atoms with Gasteiger partial charge in [0.1, 0.15) is 0 Å². The first kappa shape index (κ1) is 18.8. The summed E-state index contributed by atoms with van der Waals surface area (Å²) in [5, 5.41) is 5.44. The Bertz CT molecular complexity index is 1170. The number of halogens is 1. The molecule has 8 heteroatoms. The third-order valence-corrected chi connectivity index (χ3v) is 7.29. The standard InChI is InChI=1S/C21H21ClN4O2S/c22-16-6-3-14(4-7-16)13-29(27,28)25-19-2-1-11-26-21(19)18-8-5-15-12-23-10-9-17(15)20(18)24-26/h3-4,6-7,9-10,12,19,25H,1-2,5,8,11,13H2. The zero-order chi connectivity index (χ0) is 20.0. The van der Waals surface area contributed by atoms with Gasteiger partial charge in [0.15, 0.2) is 0 Å². The quantitative estimate of drug-likeness (QED) is 0.688. The summed E-state index contributed by atoms with van der Waals surface area (Å²) in [6, 6.07) is 8.68. The number of rotatable bonds is 4. The Labute approximate surface area is 175 Å². The fourth-order valence-electron chi connectivity index (χ4n) is 4.41. The Hall–Kier alpha value is -2.22. The maximum Gasteiger partial charge on any atom is 0.216 e. The molecule has 1 unspecified atom stereocenters. The summed E-state index contributed by atoms with van der Waals surface area (Å²) >= 11 is 5.91. The Morgan fingerprint density at radius 2 is 2.00 bits per heavy atom. The minimum absolute atomic E-state index is 0.0640. The lowest BCUT2D eigenvalue weighted by atomic mass is 9.88. The maximum atomic E-state index is 12.9. The van der Waals surface area contributed by atoms with Crippen LogP contribution < -0.4 is 4.72 Å². The number of aromatic nitrogens is 3. The molecule has 1 aliphatic carbocycles. The van der Waals surface area contributed by atoms with E-state index in [1.165, 1.54) is 11.1 Å². The highest BCUT2D eigenvalue weighted by molar-refractivity contribution is 7.88. The number of fused-ring (bicyclic) bond motifs is 5. The number of nitrogens with one attached hydrogen (secondary N) is 1. The number of pyridine rings is 1. The molecule has 0 saturated carbocycles. The highest BCUT2D eigenvalue weighted by Crippen LogP contribution is 2.39. The number of benzene rings is 1. The van der Waals surface area contributed by atoms with Crippen LogP contribution in [0.2, 0.25) is 5.02 Å². The van der Waals surface area contributed by atoms with Crippen LogP contribution in [0.5, 0.6) is 0 Å². The van der Waals surface area contributed by atoms with E-state index in [1.807, 2.05) is 16.9 Å². The molecule has 1 aromatic carbocycles. The SMILES string of the molecule is O=S(=O)(Cc1ccc(Cl)cc1)NC1CCCn2nc3c(c21)CCc1cnccc1-3. The first-order chi connectivity index (χ1) is 14.0. The van der Waals surface area contributed by atoms with Gasteiger partial charge in [-0.05, 0) is 55.0 Å². The van der Waals surface area contributed by atoms with Gasteiger partial charge in [-0.3, -0.25) is 9.67 Å². The van der Waals surface area contributed by atoms with E-state index in [2.05, 4.69) is 9.71 Å². The van der Waals surface area contributed by atoms with Crippen LogP contribution in [-0.2, 0) is 35.2 Å². The third-order valence-electron chi connectivity index (χ3n) is 5.68. The predicted octanol–water partition coefficient (Wildman–Crippen LogP) is 3.65. The molecule has 150 valence electrons. The van der Waals surface area contributed by atoms with Crippen molar-refractivity contribution in [2.75, 3.05) is 0 Å². The Morgan fingerprint density at radius 1 is 1.17 bits per heavy atom. The van der Waals surface area contributed by atoms with Gasteiger partial charge >= 0.3 is 0 Å². The predicted molar refractivity (Wildman–Crippen MR) is 112 cm³/mol. The second kappa shape index (κ2) is 7.23. The molecule has 0 spiro atoms. The summed E-state index contributed by atoms with van der Waals surface area (Å²) in [5.41, 5.74) is 6.21. The van der Waals surface area contributed by atoms with Crippen molar-refractivity contribution < 1.29 is 8.42 Å². The summed E-state index contributed by atoms with van der Waals surface area (Å²) in [4.78, 5) is 4.23. The van der Waals surface area contributed by atoms with Crippen molar-refractivity contribution in [1.82, 2.24) is 19.5 Å². The van der Waals surface area contributed by atoms with Crippen LogP contribution >= 0.6 is 11.6 Å². The van der Waals surface area contributed by atoms with E-state index in [9.17, 15) is 8.42 Å². The lowest BCUT2D eigenvalue weighted by Gasteiger charge is -2.26. The van der Waals surface area contributed by atoms with Crippen LogP contribution in [0.3, 0.4) is 0 Å². The van der Waals surface area contributed by atoms with Crippen LogP contribution in [0.25, 0.3) is 11.3 Å². The molecular weight excluding hydrogens is 408 g/mol. The second-order valence-electron chi connectivity index (χ2n) is 7.67. The van der Waals surface area contributed by atoms with E-state index in [4.69, 9.17) is 16.7 Å². The summed E-state index contributed by atoms with van der Waals surface area (Å²) in [7, 11) is -3.50. The zero-order valence-electron chi connectivity index (χ0n) is 15.8. The van der Waals surface area contributed by atoms with Gasteiger partial charge in [-0.1, -0.05) is 23.7 Å². The van der Waals surface area contributed by atoms with Crippen molar-refractivity contribution in [1.29, 1.82) is 0 Å². The van der Waals surface area contributed by atoms with Crippen molar-refractivity contribution in [2.24, 2.45) is 0 Å². The molecule has 2 aromatic heterocycles. The molecule has 0 saturated heterocycles. The van der Waals surface area contributed by atoms with Crippen molar-refractivity contribution in [3.05, 3.63) is 70.1 Å². The lowest BCUT2D eigenvalue weighted by molar-refractivity contribution is 0.406. The van der Waals surface area contributed by atoms with Gasteiger partial charge in [0, 0.05) is 35.1 Å². The topological polar surface area (TPSA) is 76.9 Å². The second-order valence-corrected chi connectivity index (χ2v) is 9.86. The van der Waals surface area contributed by atoms with Gasteiger partial charge < -0.3 is 0 Å². The molecular formula is C21H21ClN4O2S. The van der Waals surface area contributed by atoms with E-state index < -0.39 is 10.0 Å². The number of aryl methyl sites for hydroxylation is 2. The monoisotopic (exact) mass is 428 g/mol. The van der Waals surface area contributed by atoms with Gasteiger partial charge in [-0.15, -0.1) is 0 Å². The Balaban J connectivity index is 1.46. The minimum Gasteiger partial charge on any atom is -0.267 e. The molecule has 6 nitrogen and oxygen atoms in total. The molecule has 2 aliphatic rings. The minimum atomic E-state index is -3.50. The maximum absolute atomic E-state index is 12.9. The zero-order valence-corrected chi connectivity index (χ0v) is 17.4. The van der Waals surface area contributed by atoms with E-state index in [0.717, 1.165) is 54.7 Å². The molecule has 3 heterocycles. The first-order valence-electron chi connectivity index (χ1n) is 9.77. The van der Waals surface area contributed by atoms with Gasteiger partial charge in [-0.2, -0.15) is 5.10 Å². The summed E-state index contributed by atoms with van der Waals surface area (Å²) in [6.45, 7) is 0.818. The van der Waals surface area contributed by atoms with E-state index in [0.29, 0.717) is 5.02 Å². The van der Waals surface area contributed by atoms with Crippen molar-refractivity contribution in [2.45, 2.75) is 44.0 Å². The third kappa shape index (κ3) is 3.58. The molecule has 5 rings (SSSR count). The summed E-state index contributed by atoms with van der Waals surface area (Å²) < 4.78 is 30.7. The molecule has 1 atom stereocenters. The molecule has 29 heavy (non-hydrogen) atoms. The molecule has 0 fully saturated rings. The van der Waals surface area contributed by atoms with Crippen molar-refractivity contribution in [3.63, 3.8) is 0 Å². The molecule has 1 aliphatic heterocycles. The number of nitrogens with zero attached hydrogens (tertiary/aromatic N) is 3. The molecule has 0 radical (unpaired) electrons. The molecule has 1 N–H and O–H groups in total. The molecule has 0 bridgehead atoms. The molecule has 3 aromatic rings. The smallest absolute Gasteiger partial charge is 0.216 e. The lowest BCUT2D eigenvalue weighted by Crippen LogP contribution is -2.34. The van der Waals surface area contributed by atoms with Crippen LogP contribution in [0.1, 0.15) is 41.3 Å². The van der Waals surface area contributed by atoms with Crippen LogP contribution in [0.4, 0.5) is 0 Å². The molecule has 0 amide bonds. The Morgan fingerprint density at radius 3 is 2.83 bits per heavy atom. The van der Waals surface area contributed by atoms with Gasteiger partial charge in [0.25, 0.3) is 0 Å². The fourth-order valence-corrected chi connectivity index (χ4v) is 5.91. The normalized spacial score (nSPS) is 18.0. The summed E-state index contributed by atoms with van der Waals surface area (Å²) in [5.74, 6) is -0.0640. The van der Waals surface area contributed by atoms with E-state index in [1.54, 1.807) is 30.5 Å². The average Bonchev–Trinajstić information content (AvgIpc) is 3.09. The highest BCUT2D eigenvalue weighted by Gasteiger charge is 2.33. The van der Waals surface area contributed by atoms with Gasteiger partial charge in [0.2, 0.25) is 10.0 Å². The van der Waals surface area contributed by atoms with Crippen LogP contribution in [0, 0.1) is 0 Å². The van der Waals surface area contributed by atoms with Crippen LogP contribution in [0.15, 0.2) is 42.7 Å². The largest absolute Gasteiger partial charge is 0.267 e. The average molecular weight is 429 g/mol. The Kier molecular flexibility index (Phi) is 4.69.